The van der Waals surface area contributed by atoms with Gasteiger partial charge in [-0.25, -0.2) is 4.98 Å². The molecule has 2 unspecified atom stereocenters. The highest BCUT2D eigenvalue weighted by atomic mass is 32.1. The van der Waals surface area contributed by atoms with Crippen molar-refractivity contribution >= 4 is 11.3 Å². The topological polar surface area (TPSA) is 45.4 Å². The van der Waals surface area contributed by atoms with Gasteiger partial charge in [0.05, 0.1) is 11.7 Å². The van der Waals surface area contributed by atoms with Crippen LogP contribution in [0.15, 0.2) is 0 Å². The second kappa shape index (κ2) is 4.81. The molecule has 0 spiro atoms. The number of hydrogen-bond donors (Lipinski definition) is 1. The third-order valence-electron chi connectivity index (χ3n) is 4.94. The van der Waals surface area contributed by atoms with Crippen LogP contribution in [0.1, 0.15) is 40.4 Å². The van der Waals surface area contributed by atoms with Gasteiger partial charge in [-0.2, -0.15) is 0 Å². The van der Waals surface area contributed by atoms with Gasteiger partial charge in [0.25, 0.3) is 0 Å². The van der Waals surface area contributed by atoms with Crippen LogP contribution in [0.2, 0.25) is 0 Å². The molecule has 4 aliphatic rings. The monoisotopic (exact) mass is 278 g/mol. The lowest BCUT2D eigenvalue weighted by Crippen LogP contribution is -2.56. The van der Waals surface area contributed by atoms with Crippen molar-refractivity contribution in [1.29, 1.82) is 0 Å². The Labute approximate surface area is 118 Å². The van der Waals surface area contributed by atoms with Crippen molar-refractivity contribution in [3.05, 3.63) is 15.6 Å². The number of aryl methyl sites for hydroxylation is 1. The zero-order valence-corrected chi connectivity index (χ0v) is 12.2. The minimum atomic E-state index is 0.518. The summed E-state index contributed by atoms with van der Waals surface area (Å²) < 4.78 is 0. The summed E-state index contributed by atoms with van der Waals surface area (Å²) in [7, 11) is 0. The second-order valence-corrected chi connectivity index (χ2v) is 7.15. The van der Waals surface area contributed by atoms with Crippen LogP contribution < -0.4 is 5.73 Å². The number of nitrogens with two attached hydrogens (primary N) is 1. The van der Waals surface area contributed by atoms with Crippen molar-refractivity contribution in [2.45, 2.75) is 31.2 Å². The predicted molar refractivity (Wildman–Crippen MR) is 77.6 cm³/mol. The Hall–Kier alpha value is -0.490. The number of fused-ring (bicyclic) bond motifs is 4. The van der Waals surface area contributed by atoms with Gasteiger partial charge < -0.3 is 5.73 Å². The van der Waals surface area contributed by atoms with Crippen LogP contribution in [0.4, 0.5) is 0 Å². The van der Waals surface area contributed by atoms with Crippen molar-refractivity contribution < 1.29 is 0 Å². The van der Waals surface area contributed by atoms with Gasteiger partial charge in [0.2, 0.25) is 0 Å². The van der Waals surface area contributed by atoms with E-state index in [0.29, 0.717) is 12.0 Å². The van der Waals surface area contributed by atoms with E-state index in [9.17, 15) is 0 Å². The van der Waals surface area contributed by atoms with Crippen LogP contribution in [-0.4, -0.2) is 54.1 Å². The lowest BCUT2D eigenvalue weighted by molar-refractivity contribution is 0.0122. The highest BCUT2D eigenvalue weighted by Crippen LogP contribution is 2.38. The summed E-state index contributed by atoms with van der Waals surface area (Å²) in [5, 5.41) is 1.36. The van der Waals surface area contributed by atoms with Crippen LogP contribution in [0.3, 0.4) is 0 Å². The van der Waals surface area contributed by atoms with Crippen LogP contribution in [0.25, 0.3) is 0 Å². The van der Waals surface area contributed by atoms with E-state index in [1.54, 1.807) is 0 Å². The summed E-state index contributed by atoms with van der Waals surface area (Å²) in [6.07, 6.45) is 3.74. The molecule has 2 N–H and O–H groups in total. The number of nitrogens with zero attached hydrogens (tertiary/aromatic N) is 3. The van der Waals surface area contributed by atoms with Crippen LogP contribution >= 0.6 is 11.3 Å². The molecule has 1 aromatic heterocycles. The molecular formula is C14H22N4S. The Kier molecular flexibility index (Phi) is 3.10. The van der Waals surface area contributed by atoms with Crippen LogP contribution in [0, 0.1) is 0 Å². The summed E-state index contributed by atoms with van der Waals surface area (Å²) in [5.41, 5.74) is 7.25. The SMILES string of the molecule is NCC1CCCc2sc(C3CN4CCN3CC4)nc21. The third-order valence-corrected chi connectivity index (χ3v) is 6.17. The molecule has 3 saturated heterocycles. The summed E-state index contributed by atoms with van der Waals surface area (Å²) in [6.45, 7) is 6.86. The fraction of sp³-hybridized carbons (Fsp3) is 0.786. The van der Waals surface area contributed by atoms with E-state index in [-0.39, 0.29) is 0 Å². The smallest absolute Gasteiger partial charge is 0.112 e. The highest BCUT2D eigenvalue weighted by molar-refractivity contribution is 7.11. The molecule has 0 amide bonds. The number of rotatable bonds is 2. The minimum Gasteiger partial charge on any atom is -0.330 e. The van der Waals surface area contributed by atoms with Gasteiger partial charge in [0.15, 0.2) is 0 Å². The minimum absolute atomic E-state index is 0.518. The van der Waals surface area contributed by atoms with Gasteiger partial charge in [0, 0.05) is 50.1 Å². The molecule has 2 bridgehead atoms. The normalized spacial score (nSPS) is 37.3. The van der Waals surface area contributed by atoms with Crippen molar-refractivity contribution in [2.75, 3.05) is 39.3 Å². The quantitative estimate of drug-likeness (QED) is 0.883. The molecule has 5 heteroatoms. The van der Waals surface area contributed by atoms with E-state index in [0.717, 1.165) is 6.54 Å². The number of aromatic nitrogens is 1. The maximum absolute atomic E-state index is 5.91. The Bertz CT molecular complexity index is 464. The molecule has 104 valence electrons. The molecule has 3 fully saturated rings. The first-order chi connectivity index (χ1) is 9.35. The average Bonchev–Trinajstić information content (AvgIpc) is 2.92. The third kappa shape index (κ3) is 2.03. The molecule has 1 aliphatic carbocycles. The molecule has 0 saturated carbocycles. The zero-order chi connectivity index (χ0) is 12.8. The lowest BCUT2D eigenvalue weighted by atomic mass is 9.91. The van der Waals surface area contributed by atoms with E-state index in [4.69, 9.17) is 10.7 Å². The van der Waals surface area contributed by atoms with E-state index in [2.05, 4.69) is 9.80 Å². The van der Waals surface area contributed by atoms with Gasteiger partial charge >= 0.3 is 0 Å². The second-order valence-electron chi connectivity index (χ2n) is 6.04. The summed E-state index contributed by atoms with van der Waals surface area (Å²) >= 11 is 1.97. The number of piperazine rings is 3. The highest BCUT2D eigenvalue weighted by Gasteiger charge is 2.36. The molecule has 3 aliphatic heterocycles. The molecule has 1 aromatic rings. The van der Waals surface area contributed by atoms with E-state index in [1.165, 1.54) is 67.6 Å². The van der Waals surface area contributed by atoms with Gasteiger partial charge in [-0.05, 0) is 19.3 Å². The molecular weight excluding hydrogens is 256 g/mol. The fourth-order valence-corrected chi connectivity index (χ4v) is 5.07. The van der Waals surface area contributed by atoms with Crippen molar-refractivity contribution in [2.24, 2.45) is 5.73 Å². The summed E-state index contributed by atoms with van der Waals surface area (Å²) in [6, 6.07) is 0.552. The van der Waals surface area contributed by atoms with Crippen molar-refractivity contribution in [3.63, 3.8) is 0 Å². The fourth-order valence-electron chi connectivity index (χ4n) is 3.75. The average molecular weight is 278 g/mol. The first kappa shape index (κ1) is 12.3. The first-order valence-corrected chi connectivity index (χ1v) is 8.33. The van der Waals surface area contributed by atoms with Gasteiger partial charge in [-0.1, -0.05) is 0 Å². The summed E-state index contributed by atoms with van der Waals surface area (Å²) in [4.78, 5) is 11.8. The predicted octanol–water partition coefficient (Wildman–Crippen LogP) is 1.19. The van der Waals surface area contributed by atoms with Crippen molar-refractivity contribution in [3.8, 4) is 0 Å². The molecule has 0 aromatic carbocycles. The zero-order valence-electron chi connectivity index (χ0n) is 11.3. The summed E-state index contributed by atoms with van der Waals surface area (Å²) in [5.74, 6) is 0.518. The van der Waals surface area contributed by atoms with Gasteiger partial charge in [0.1, 0.15) is 5.01 Å². The number of hydrogen-bond acceptors (Lipinski definition) is 5. The lowest BCUT2D eigenvalue weighted by Gasteiger charge is -2.46. The van der Waals surface area contributed by atoms with Crippen molar-refractivity contribution in [1.82, 2.24) is 14.8 Å². The molecule has 0 radical (unpaired) electrons. The van der Waals surface area contributed by atoms with E-state index < -0.39 is 0 Å². The molecule has 4 nitrogen and oxygen atoms in total. The maximum Gasteiger partial charge on any atom is 0.112 e. The Morgan fingerprint density at radius 1 is 1.26 bits per heavy atom. The number of thiazole rings is 1. The van der Waals surface area contributed by atoms with E-state index in [1.807, 2.05) is 11.3 Å². The molecule has 5 rings (SSSR count). The van der Waals surface area contributed by atoms with E-state index >= 15 is 0 Å². The molecule has 4 heterocycles. The molecule has 2 atom stereocenters. The van der Waals surface area contributed by atoms with Gasteiger partial charge in [-0.15, -0.1) is 11.3 Å². The Morgan fingerprint density at radius 2 is 2.11 bits per heavy atom. The van der Waals surface area contributed by atoms with Crippen LogP contribution in [-0.2, 0) is 6.42 Å². The Balaban J connectivity index is 1.64. The maximum atomic E-state index is 5.91. The molecule has 19 heavy (non-hydrogen) atoms. The van der Waals surface area contributed by atoms with Gasteiger partial charge in [-0.3, -0.25) is 9.80 Å². The largest absolute Gasteiger partial charge is 0.330 e. The Morgan fingerprint density at radius 3 is 2.79 bits per heavy atom. The van der Waals surface area contributed by atoms with Crippen LogP contribution in [0.5, 0.6) is 0 Å². The standard InChI is InChI=1S/C14H22N4S/c15-8-10-2-1-3-12-13(10)16-14(19-12)11-9-17-4-6-18(11)7-5-17/h10-11H,1-9,15H2. The first-order valence-electron chi connectivity index (χ1n) is 7.51.